The molecule has 0 fully saturated rings. The summed E-state index contributed by atoms with van der Waals surface area (Å²) in [5.41, 5.74) is 0.983. The molecule has 4 heteroatoms. The lowest BCUT2D eigenvalue weighted by Crippen LogP contribution is -1.98. The predicted octanol–water partition coefficient (Wildman–Crippen LogP) is 2.87. The Morgan fingerprint density at radius 3 is 2.53 bits per heavy atom. The summed E-state index contributed by atoms with van der Waals surface area (Å²) in [6, 6.07) is 7.52. The lowest BCUT2D eigenvalue weighted by atomic mass is 10.3. The Morgan fingerprint density at radius 1 is 1.27 bits per heavy atom. The van der Waals surface area contributed by atoms with E-state index in [2.05, 4.69) is 16.8 Å². The zero-order valence-corrected chi connectivity index (χ0v) is 9.07. The van der Waals surface area contributed by atoms with Crippen molar-refractivity contribution in [3.05, 3.63) is 47.5 Å². The van der Waals surface area contributed by atoms with Gasteiger partial charge in [0.05, 0.1) is 0 Å². The molecule has 0 aliphatic heterocycles. The van der Waals surface area contributed by atoms with Crippen LogP contribution in [0.4, 0.5) is 0 Å². The van der Waals surface area contributed by atoms with Gasteiger partial charge >= 0.3 is 0 Å². The molecule has 1 aromatic carbocycles. The first-order valence-electron chi connectivity index (χ1n) is 4.53. The van der Waals surface area contributed by atoms with Crippen LogP contribution in [0.1, 0.15) is 11.6 Å². The quantitative estimate of drug-likeness (QED) is 0.778. The zero-order chi connectivity index (χ0) is 10.8. The van der Waals surface area contributed by atoms with Crippen molar-refractivity contribution in [2.24, 2.45) is 0 Å². The van der Waals surface area contributed by atoms with E-state index in [-0.39, 0.29) is 0 Å². The molecule has 0 radical (unpaired) electrons. The third-order valence-corrected chi connectivity index (χ3v) is 2.37. The molecule has 0 aliphatic carbocycles. The van der Waals surface area contributed by atoms with Crippen LogP contribution in [-0.4, -0.2) is 14.8 Å². The van der Waals surface area contributed by atoms with Crippen LogP contribution >= 0.6 is 11.6 Å². The van der Waals surface area contributed by atoms with Gasteiger partial charge in [-0.1, -0.05) is 18.2 Å². The summed E-state index contributed by atoms with van der Waals surface area (Å²) < 4.78 is 1.92. The van der Waals surface area contributed by atoms with Crippen molar-refractivity contribution in [3.63, 3.8) is 0 Å². The van der Waals surface area contributed by atoms with E-state index in [9.17, 15) is 0 Å². The van der Waals surface area contributed by atoms with Crippen molar-refractivity contribution < 1.29 is 0 Å². The first-order valence-corrected chi connectivity index (χ1v) is 4.90. The summed E-state index contributed by atoms with van der Waals surface area (Å²) in [5.74, 6) is 1.56. The number of benzene rings is 1. The normalized spacial score (nSPS) is 10.3. The molecule has 0 spiro atoms. The largest absolute Gasteiger partial charge is 0.280 e. The fourth-order valence-electron chi connectivity index (χ4n) is 1.42. The summed E-state index contributed by atoms with van der Waals surface area (Å²) >= 11 is 5.83. The SMILES string of the molecule is C=Cc1nnc(C)n1-c1ccc(Cl)cc1. The molecule has 0 bridgehead atoms. The van der Waals surface area contributed by atoms with E-state index in [0.29, 0.717) is 5.02 Å². The number of halogens is 1. The van der Waals surface area contributed by atoms with E-state index in [1.807, 2.05) is 35.8 Å². The lowest BCUT2D eigenvalue weighted by molar-refractivity contribution is 0.964. The maximum atomic E-state index is 5.83. The Labute approximate surface area is 93.0 Å². The first kappa shape index (κ1) is 9.93. The van der Waals surface area contributed by atoms with Gasteiger partial charge < -0.3 is 0 Å². The Bertz CT molecular complexity index is 485. The maximum Gasteiger partial charge on any atom is 0.160 e. The molecule has 0 saturated heterocycles. The van der Waals surface area contributed by atoms with E-state index in [1.165, 1.54) is 0 Å². The molecule has 0 N–H and O–H groups in total. The minimum Gasteiger partial charge on any atom is -0.280 e. The molecule has 15 heavy (non-hydrogen) atoms. The summed E-state index contributed by atoms with van der Waals surface area (Å²) in [7, 11) is 0. The third kappa shape index (κ3) is 1.78. The van der Waals surface area contributed by atoms with Gasteiger partial charge in [0.25, 0.3) is 0 Å². The van der Waals surface area contributed by atoms with Crippen molar-refractivity contribution in [2.45, 2.75) is 6.92 Å². The number of rotatable bonds is 2. The predicted molar refractivity (Wildman–Crippen MR) is 61.2 cm³/mol. The third-order valence-electron chi connectivity index (χ3n) is 2.12. The molecule has 2 rings (SSSR count). The van der Waals surface area contributed by atoms with Gasteiger partial charge in [-0.25, -0.2) is 0 Å². The highest BCUT2D eigenvalue weighted by molar-refractivity contribution is 6.30. The van der Waals surface area contributed by atoms with E-state index in [4.69, 9.17) is 11.6 Å². The van der Waals surface area contributed by atoms with Crippen molar-refractivity contribution in [1.29, 1.82) is 0 Å². The van der Waals surface area contributed by atoms with Gasteiger partial charge in [-0.2, -0.15) is 0 Å². The van der Waals surface area contributed by atoms with Gasteiger partial charge in [0.1, 0.15) is 5.82 Å². The molecular formula is C11H10ClN3. The van der Waals surface area contributed by atoms with Gasteiger partial charge in [0.15, 0.2) is 5.82 Å². The summed E-state index contributed by atoms with van der Waals surface area (Å²) in [4.78, 5) is 0. The zero-order valence-electron chi connectivity index (χ0n) is 8.31. The Kier molecular flexibility index (Phi) is 2.56. The fraction of sp³-hybridized carbons (Fsp3) is 0.0909. The minimum absolute atomic E-state index is 0.713. The summed E-state index contributed by atoms with van der Waals surface area (Å²) in [6.07, 6.45) is 1.68. The van der Waals surface area contributed by atoms with Gasteiger partial charge in [0.2, 0.25) is 0 Å². The van der Waals surface area contributed by atoms with Crippen LogP contribution in [0, 0.1) is 6.92 Å². The topological polar surface area (TPSA) is 30.7 Å². The maximum absolute atomic E-state index is 5.83. The molecule has 0 atom stereocenters. The fourth-order valence-corrected chi connectivity index (χ4v) is 1.55. The lowest BCUT2D eigenvalue weighted by Gasteiger charge is -2.05. The van der Waals surface area contributed by atoms with E-state index in [1.54, 1.807) is 6.08 Å². The number of hydrogen-bond acceptors (Lipinski definition) is 2. The van der Waals surface area contributed by atoms with Crippen LogP contribution in [0.5, 0.6) is 0 Å². The molecule has 2 aromatic rings. The molecule has 0 saturated carbocycles. The van der Waals surface area contributed by atoms with E-state index in [0.717, 1.165) is 17.3 Å². The first-order chi connectivity index (χ1) is 7.22. The summed E-state index contributed by atoms with van der Waals surface area (Å²) in [6.45, 7) is 5.60. The van der Waals surface area contributed by atoms with Gasteiger partial charge in [-0.05, 0) is 37.3 Å². The highest BCUT2D eigenvalue weighted by Crippen LogP contribution is 2.16. The summed E-state index contributed by atoms with van der Waals surface area (Å²) in [5, 5.41) is 8.70. The van der Waals surface area contributed by atoms with E-state index < -0.39 is 0 Å². The second kappa shape index (κ2) is 3.87. The van der Waals surface area contributed by atoms with Gasteiger partial charge in [-0.15, -0.1) is 10.2 Å². The number of aromatic nitrogens is 3. The van der Waals surface area contributed by atoms with Crippen LogP contribution in [0.3, 0.4) is 0 Å². The van der Waals surface area contributed by atoms with Crippen molar-refractivity contribution >= 4 is 17.7 Å². The molecule has 0 amide bonds. The average molecular weight is 220 g/mol. The number of hydrogen-bond donors (Lipinski definition) is 0. The van der Waals surface area contributed by atoms with Gasteiger partial charge in [0, 0.05) is 10.7 Å². The Morgan fingerprint density at radius 2 is 1.93 bits per heavy atom. The monoisotopic (exact) mass is 219 g/mol. The van der Waals surface area contributed by atoms with Crippen LogP contribution in [-0.2, 0) is 0 Å². The van der Waals surface area contributed by atoms with Crippen LogP contribution in [0.2, 0.25) is 5.02 Å². The average Bonchev–Trinajstić information content (AvgIpc) is 2.61. The van der Waals surface area contributed by atoms with Crippen LogP contribution < -0.4 is 0 Å². The molecule has 3 nitrogen and oxygen atoms in total. The van der Waals surface area contributed by atoms with Crippen molar-refractivity contribution in [3.8, 4) is 5.69 Å². The second-order valence-electron chi connectivity index (χ2n) is 3.12. The van der Waals surface area contributed by atoms with Crippen molar-refractivity contribution in [1.82, 2.24) is 14.8 Å². The molecule has 1 heterocycles. The smallest absolute Gasteiger partial charge is 0.160 e. The number of nitrogens with zero attached hydrogens (tertiary/aromatic N) is 3. The van der Waals surface area contributed by atoms with E-state index >= 15 is 0 Å². The Balaban J connectivity index is 2.57. The van der Waals surface area contributed by atoms with Gasteiger partial charge in [-0.3, -0.25) is 4.57 Å². The molecular weight excluding hydrogens is 210 g/mol. The highest BCUT2D eigenvalue weighted by Gasteiger charge is 2.07. The second-order valence-corrected chi connectivity index (χ2v) is 3.56. The van der Waals surface area contributed by atoms with Crippen LogP contribution in [0.15, 0.2) is 30.8 Å². The molecule has 1 aromatic heterocycles. The minimum atomic E-state index is 0.713. The molecule has 76 valence electrons. The highest BCUT2D eigenvalue weighted by atomic mass is 35.5. The number of aryl methyl sites for hydroxylation is 1. The Hall–Kier alpha value is -1.61. The van der Waals surface area contributed by atoms with Crippen LogP contribution in [0.25, 0.3) is 11.8 Å². The molecule has 0 unspecified atom stereocenters. The standard InChI is InChI=1S/C11H10ClN3/c1-3-11-14-13-8(2)15(11)10-6-4-9(12)5-7-10/h3-7H,1H2,2H3. The molecule has 0 aliphatic rings. The van der Waals surface area contributed by atoms with Crippen molar-refractivity contribution in [2.75, 3.05) is 0 Å².